The molecule has 0 saturated carbocycles. The van der Waals surface area contributed by atoms with Gasteiger partial charge in [0.25, 0.3) is 5.91 Å². The van der Waals surface area contributed by atoms with Gasteiger partial charge in [-0.2, -0.15) is 4.31 Å². The van der Waals surface area contributed by atoms with E-state index in [0.29, 0.717) is 19.0 Å². The molecular formula is C19H19ClF2N2O3S. The van der Waals surface area contributed by atoms with Gasteiger partial charge >= 0.3 is 0 Å². The summed E-state index contributed by atoms with van der Waals surface area (Å²) in [6.07, 6.45) is 1.51. The molecule has 0 aromatic heterocycles. The topological polar surface area (TPSA) is 66.5 Å². The molecule has 9 heteroatoms. The maximum atomic E-state index is 13.8. The van der Waals surface area contributed by atoms with Crippen LogP contribution < -0.4 is 5.32 Å². The van der Waals surface area contributed by atoms with Crippen LogP contribution >= 0.6 is 11.6 Å². The van der Waals surface area contributed by atoms with Crippen LogP contribution in [0.3, 0.4) is 0 Å². The smallest absolute Gasteiger partial charge is 0.257 e. The molecule has 1 fully saturated rings. The fraction of sp³-hybridized carbons (Fsp3) is 0.316. The molecule has 1 N–H and O–H groups in total. The Morgan fingerprint density at radius 1 is 1.14 bits per heavy atom. The molecule has 0 spiro atoms. The average Bonchev–Trinajstić information content (AvgIpc) is 2.65. The van der Waals surface area contributed by atoms with E-state index in [-0.39, 0.29) is 15.5 Å². The Balaban J connectivity index is 1.90. The summed E-state index contributed by atoms with van der Waals surface area (Å²) in [5.74, 6) is -2.35. The maximum Gasteiger partial charge on any atom is 0.257 e. The number of anilines is 1. The summed E-state index contributed by atoms with van der Waals surface area (Å²) in [5.41, 5.74) is -0.808. The molecule has 5 nitrogen and oxygen atoms in total. The predicted octanol–water partition coefficient (Wildman–Crippen LogP) is 4.29. The van der Waals surface area contributed by atoms with Gasteiger partial charge in [-0.05, 0) is 49.1 Å². The zero-order valence-electron chi connectivity index (χ0n) is 15.1. The van der Waals surface area contributed by atoms with E-state index in [1.54, 1.807) is 0 Å². The van der Waals surface area contributed by atoms with Crippen molar-refractivity contribution >= 4 is 33.2 Å². The Labute approximate surface area is 167 Å². The molecule has 150 valence electrons. The fourth-order valence-electron chi connectivity index (χ4n) is 3.01. The Kier molecular flexibility index (Phi) is 6.02. The van der Waals surface area contributed by atoms with E-state index in [9.17, 15) is 22.0 Å². The fourth-order valence-corrected chi connectivity index (χ4v) is 4.71. The molecule has 2 aromatic carbocycles. The van der Waals surface area contributed by atoms with E-state index < -0.39 is 33.3 Å². The van der Waals surface area contributed by atoms with Crippen molar-refractivity contribution in [1.29, 1.82) is 0 Å². The van der Waals surface area contributed by atoms with Gasteiger partial charge < -0.3 is 5.32 Å². The lowest BCUT2D eigenvalue weighted by Crippen LogP contribution is -2.37. The Bertz CT molecular complexity index is 986. The first-order chi connectivity index (χ1) is 13.2. The molecule has 1 saturated heterocycles. The number of hydrogen-bond acceptors (Lipinski definition) is 3. The zero-order valence-corrected chi connectivity index (χ0v) is 16.7. The number of amides is 1. The third-order valence-corrected chi connectivity index (χ3v) is 6.99. The number of rotatable bonds is 4. The number of benzene rings is 2. The second-order valence-electron chi connectivity index (χ2n) is 6.78. The molecule has 1 aliphatic rings. The monoisotopic (exact) mass is 428 g/mol. The van der Waals surface area contributed by atoms with E-state index in [1.807, 2.05) is 0 Å². The Morgan fingerprint density at radius 2 is 1.75 bits per heavy atom. The quantitative estimate of drug-likeness (QED) is 0.789. The van der Waals surface area contributed by atoms with Gasteiger partial charge in [0.2, 0.25) is 10.0 Å². The minimum absolute atomic E-state index is 0.0273. The zero-order chi connectivity index (χ0) is 20.5. The molecular weight excluding hydrogens is 410 g/mol. The molecule has 0 radical (unpaired) electrons. The molecule has 2 aromatic rings. The van der Waals surface area contributed by atoms with Crippen LogP contribution in [0.4, 0.5) is 14.5 Å². The minimum Gasteiger partial charge on any atom is -0.317 e. The molecule has 1 heterocycles. The highest BCUT2D eigenvalue weighted by atomic mass is 35.5. The highest BCUT2D eigenvalue weighted by molar-refractivity contribution is 7.89. The predicted molar refractivity (Wildman–Crippen MR) is 103 cm³/mol. The van der Waals surface area contributed by atoms with Crippen molar-refractivity contribution in [2.45, 2.75) is 24.7 Å². The van der Waals surface area contributed by atoms with Gasteiger partial charge in [0.1, 0.15) is 17.3 Å². The standard InChI is InChI=1S/C19H19ClF2N2O3S/c1-12-7-9-24(10-8-12)28(26,27)13-5-6-15(20)14(11-13)19(25)23-18-16(21)3-2-4-17(18)22/h2-6,11-12H,7-10H2,1H3,(H,23,25). The van der Waals surface area contributed by atoms with E-state index >= 15 is 0 Å². The van der Waals surface area contributed by atoms with Crippen molar-refractivity contribution in [3.8, 4) is 0 Å². The third kappa shape index (κ3) is 4.19. The second kappa shape index (κ2) is 8.14. The van der Waals surface area contributed by atoms with Gasteiger partial charge in [-0.3, -0.25) is 4.79 Å². The number of nitrogens with one attached hydrogen (secondary N) is 1. The normalized spacial score (nSPS) is 16.1. The Hall–Kier alpha value is -2.03. The van der Waals surface area contributed by atoms with Crippen LogP contribution in [0.1, 0.15) is 30.1 Å². The number of sulfonamides is 1. The van der Waals surface area contributed by atoms with Gasteiger partial charge in [-0.25, -0.2) is 17.2 Å². The summed E-state index contributed by atoms with van der Waals surface area (Å²) in [6.45, 7) is 2.86. The highest BCUT2D eigenvalue weighted by Crippen LogP contribution is 2.27. The van der Waals surface area contributed by atoms with E-state index in [2.05, 4.69) is 12.2 Å². The molecule has 0 unspecified atom stereocenters. The molecule has 0 atom stereocenters. The van der Waals surface area contributed by atoms with Crippen LogP contribution in [0.15, 0.2) is 41.3 Å². The lowest BCUT2D eigenvalue weighted by Gasteiger charge is -2.29. The summed E-state index contributed by atoms with van der Waals surface area (Å²) in [4.78, 5) is 12.4. The van der Waals surface area contributed by atoms with Crippen molar-refractivity contribution in [2.75, 3.05) is 18.4 Å². The van der Waals surface area contributed by atoms with Crippen molar-refractivity contribution in [3.63, 3.8) is 0 Å². The number of carbonyl (C=O) groups excluding carboxylic acids is 1. The first-order valence-corrected chi connectivity index (χ1v) is 10.6. The molecule has 1 amide bonds. The lowest BCUT2D eigenvalue weighted by atomic mass is 10.0. The number of hydrogen-bond donors (Lipinski definition) is 1. The van der Waals surface area contributed by atoms with Gasteiger partial charge in [-0.1, -0.05) is 24.6 Å². The van der Waals surface area contributed by atoms with Crippen LogP contribution in [-0.2, 0) is 10.0 Å². The third-order valence-electron chi connectivity index (χ3n) is 4.76. The second-order valence-corrected chi connectivity index (χ2v) is 9.12. The van der Waals surface area contributed by atoms with Crippen LogP contribution in [0, 0.1) is 17.6 Å². The molecule has 0 aliphatic carbocycles. The van der Waals surface area contributed by atoms with E-state index in [1.165, 1.54) is 22.5 Å². The summed E-state index contributed by atoms with van der Waals surface area (Å²) < 4.78 is 54.7. The van der Waals surface area contributed by atoms with Gasteiger partial charge in [-0.15, -0.1) is 0 Å². The average molecular weight is 429 g/mol. The van der Waals surface area contributed by atoms with Crippen molar-refractivity contribution in [2.24, 2.45) is 5.92 Å². The first-order valence-electron chi connectivity index (χ1n) is 8.75. The number of piperidine rings is 1. The highest BCUT2D eigenvalue weighted by Gasteiger charge is 2.29. The minimum atomic E-state index is -3.80. The van der Waals surface area contributed by atoms with E-state index in [4.69, 9.17) is 11.6 Å². The van der Waals surface area contributed by atoms with Crippen LogP contribution in [0.5, 0.6) is 0 Å². The molecule has 3 rings (SSSR count). The number of para-hydroxylation sites is 1. The largest absolute Gasteiger partial charge is 0.317 e. The van der Waals surface area contributed by atoms with Gasteiger partial charge in [0.05, 0.1) is 15.5 Å². The van der Waals surface area contributed by atoms with Gasteiger partial charge in [0.15, 0.2) is 0 Å². The van der Waals surface area contributed by atoms with Crippen LogP contribution in [-0.4, -0.2) is 31.7 Å². The SMILES string of the molecule is CC1CCN(S(=O)(=O)c2ccc(Cl)c(C(=O)Nc3c(F)cccc3F)c2)CC1. The molecule has 1 aliphatic heterocycles. The van der Waals surface area contributed by atoms with Crippen LogP contribution in [0.25, 0.3) is 0 Å². The number of carbonyl (C=O) groups is 1. The van der Waals surface area contributed by atoms with E-state index in [0.717, 1.165) is 31.0 Å². The number of halogens is 3. The van der Waals surface area contributed by atoms with Crippen LogP contribution in [0.2, 0.25) is 5.02 Å². The van der Waals surface area contributed by atoms with Crippen molar-refractivity contribution < 1.29 is 22.0 Å². The first kappa shape index (κ1) is 20.7. The summed E-state index contributed by atoms with van der Waals surface area (Å²) in [6, 6.07) is 6.89. The summed E-state index contributed by atoms with van der Waals surface area (Å²) >= 11 is 6.04. The molecule has 28 heavy (non-hydrogen) atoms. The van der Waals surface area contributed by atoms with Gasteiger partial charge in [0, 0.05) is 13.1 Å². The lowest BCUT2D eigenvalue weighted by molar-refractivity contribution is 0.102. The molecule has 0 bridgehead atoms. The Morgan fingerprint density at radius 3 is 2.36 bits per heavy atom. The van der Waals surface area contributed by atoms with Crippen molar-refractivity contribution in [3.05, 3.63) is 58.6 Å². The number of nitrogens with zero attached hydrogens (tertiary/aromatic N) is 1. The van der Waals surface area contributed by atoms with Crippen molar-refractivity contribution in [1.82, 2.24) is 4.31 Å². The maximum absolute atomic E-state index is 13.8. The summed E-state index contributed by atoms with van der Waals surface area (Å²) in [7, 11) is -3.80. The summed E-state index contributed by atoms with van der Waals surface area (Å²) in [5, 5.41) is 2.09.